The molecule has 0 amide bonds. The molecule has 0 aliphatic heterocycles. The molecule has 454 valence electrons. The maximum absolute atomic E-state index is 12.9. The smallest absolute Gasteiger partial charge is 0.306 e. The number of rotatable bonds is 63. The lowest BCUT2D eigenvalue weighted by atomic mass is 10.0. The minimum absolute atomic E-state index is 0.0716. The van der Waals surface area contributed by atoms with Gasteiger partial charge in [-0.05, 0) is 83.5 Å². The summed E-state index contributed by atoms with van der Waals surface area (Å²) in [5, 5.41) is 0. The van der Waals surface area contributed by atoms with Gasteiger partial charge in [-0.25, -0.2) is 0 Å². The summed E-state index contributed by atoms with van der Waals surface area (Å²) in [6, 6.07) is 0. The van der Waals surface area contributed by atoms with Gasteiger partial charge in [0.1, 0.15) is 13.2 Å². The van der Waals surface area contributed by atoms with Gasteiger partial charge in [-0.1, -0.05) is 319 Å². The van der Waals surface area contributed by atoms with Crippen LogP contribution in [0.4, 0.5) is 0 Å². The van der Waals surface area contributed by atoms with Gasteiger partial charge in [0.05, 0.1) is 0 Å². The molecule has 6 nitrogen and oxygen atoms in total. The van der Waals surface area contributed by atoms with Crippen LogP contribution in [0.15, 0.2) is 60.8 Å². The van der Waals surface area contributed by atoms with Crippen LogP contribution in [-0.2, 0) is 28.6 Å². The molecule has 0 bridgehead atoms. The van der Waals surface area contributed by atoms with Crippen molar-refractivity contribution < 1.29 is 28.6 Å². The summed E-state index contributed by atoms with van der Waals surface area (Å²) in [5.41, 5.74) is 0. The molecule has 78 heavy (non-hydrogen) atoms. The number of hydrogen-bond donors (Lipinski definition) is 0. The average Bonchev–Trinajstić information content (AvgIpc) is 3.44. The summed E-state index contributed by atoms with van der Waals surface area (Å²) in [6.45, 7) is 6.56. The lowest BCUT2D eigenvalue weighted by Gasteiger charge is -2.18. The van der Waals surface area contributed by atoms with Crippen LogP contribution in [0.25, 0.3) is 0 Å². The lowest BCUT2D eigenvalue weighted by Crippen LogP contribution is -2.30. The third-order valence-corrected chi connectivity index (χ3v) is 15.3. The first-order valence-corrected chi connectivity index (χ1v) is 34.3. The van der Waals surface area contributed by atoms with Crippen molar-refractivity contribution in [1.82, 2.24) is 0 Å². The predicted octanol–water partition coefficient (Wildman–Crippen LogP) is 23.5. The summed E-state index contributed by atoms with van der Waals surface area (Å²) < 4.78 is 17.0. The van der Waals surface area contributed by atoms with Gasteiger partial charge >= 0.3 is 17.9 Å². The maximum atomic E-state index is 12.9. The van der Waals surface area contributed by atoms with Crippen LogP contribution in [0.1, 0.15) is 361 Å². The predicted molar refractivity (Wildman–Crippen MR) is 339 cm³/mol. The molecule has 0 rings (SSSR count). The summed E-state index contributed by atoms with van der Waals surface area (Å²) in [5.74, 6) is -0.857. The second-order valence-electron chi connectivity index (χ2n) is 23.1. The maximum Gasteiger partial charge on any atom is 0.306 e. The molecule has 1 unspecified atom stereocenters. The van der Waals surface area contributed by atoms with Crippen molar-refractivity contribution in [2.45, 2.75) is 367 Å². The van der Waals surface area contributed by atoms with Crippen molar-refractivity contribution in [1.29, 1.82) is 0 Å². The van der Waals surface area contributed by atoms with Gasteiger partial charge in [-0.2, -0.15) is 0 Å². The molecule has 0 aliphatic rings. The highest BCUT2D eigenvalue weighted by Crippen LogP contribution is 2.18. The van der Waals surface area contributed by atoms with E-state index in [1.54, 1.807) is 0 Å². The topological polar surface area (TPSA) is 78.9 Å². The zero-order valence-corrected chi connectivity index (χ0v) is 52.2. The second-order valence-corrected chi connectivity index (χ2v) is 23.1. The first-order chi connectivity index (χ1) is 38.5. The summed E-state index contributed by atoms with van der Waals surface area (Å²) in [6.07, 6.45) is 85.3. The van der Waals surface area contributed by atoms with Crippen molar-refractivity contribution in [2.75, 3.05) is 13.2 Å². The van der Waals surface area contributed by atoms with Crippen molar-refractivity contribution in [3.05, 3.63) is 60.8 Å². The Hall–Kier alpha value is -2.89. The van der Waals surface area contributed by atoms with Gasteiger partial charge in [0.25, 0.3) is 0 Å². The zero-order chi connectivity index (χ0) is 56.4. The molecular formula is C72H130O6. The third-order valence-electron chi connectivity index (χ3n) is 15.3. The van der Waals surface area contributed by atoms with E-state index in [1.165, 1.54) is 231 Å². The Morgan fingerprint density at radius 1 is 0.269 bits per heavy atom. The minimum atomic E-state index is -0.775. The number of hydrogen-bond acceptors (Lipinski definition) is 6. The molecule has 0 N–H and O–H groups in total. The van der Waals surface area contributed by atoms with Crippen LogP contribution in [0.3, 0.4) is 0 Å². The first-order valence-electron chi connectivity index (χ1n) is 34.3. The van der Waals surface area contributed by atoms with Crippen LogP contribution in [0.2, 0.25) is 0 Å². The minimum Gasteiger partial charge on any atom is -0.462 e. The fourth-order valence-electron chi connectivity index (χ4n) is 10.1. The SMILES string of the molecule is CC/C=C\C/C=C\C/C=C\C/C=C\CCCCCCCCCCCCCCCCCCC(=O)OCC(COC(=O)CCCCCCC/C=C\CCCCC)OC(=O)CCCCCCCCCCCCCCCCCCCCC. The standard InChI is InChI=1S/C72H130O6/c1-4-7-10-13-16-19-22-25-27-29-31-32-33-34-35-36-37-38-39-40-42-43-45-47-50-53-56-59-62-65-71(74)77-68-69(67-76-70(73)64-61-58-55-52-49-24-21-18-15-12-9-6-3)78-72(75)66-63-60-57-54-51-48-46-44-41-30-28-26-23-20-17-14-11-8-5-2/h7,10,16,18-19,21,25,27,31-32,69H,4-6,8-9,11-15,17,20,22-24,26,28-30,33-68H2,1-3H3/b10-7-,19-16-,21-18-,27-25-,32-31-. The van der Waals surface area contributed by atoms with Gasteiger partial charge in [0, 0.05) is 19.3 Å². The van der Waals surface area contributed by atoms with E-state index in [0.717, 1.165) is 89.9 Å². The Labute approximate surface area is 485 Å². The quantitative estimate of drug-likeness (QED) is 0.0261. The molecule has 0 saturated heterocycles. The highest BCUT2D eigenvalue weighted by atomic mass is 16.6. The first kappa shape index (κ1) is 75.1. The number of allylic oxidation sites excluding steroid dienone is 10. The monoisotopic (exact) mass is 1090 g/mol. The molecule has 6 heteroatoms. The molecule has 0 aromatic carbocycles. The van der Waals surface area contributed by atoms with Crippen molar-refractivity contribution in [3.8, 4) is 0 Å². The van der Waals surface area contributed by atoms with Gasteiger partial charge in [-0.15, -0.1) is 0 Å². The average molecular weight is 1090 g/mol. The fraction of sp³-hybridized carbons (Fsp3) is 0.819. The molecule has 0 aromatic rings. The third kappa shape index (κ3) is 63.9. The molecule has 0 heterocycles. The number of carbonyl (C=O) groups is 3. The molecule has 0 saturated carbocycles. The van der Waals surface area contributed by atoms with Crippen LogP contribution in [-0.4, -0.2) is 37.2 Å². The summed E-state index contributed by atoms with van der Waals surface area (Å²) in [4.78, 5) is 38.3. The van der Waals surface area contributed by atoms with E-state index < -0.39 is 6.10 Å². The Kier molecular flexibility index (Phi) is 64.2. The highest BCUT2D eigenvalue weighted by molar-refractivity contribution is 5.71. The highest BCUT2D eigenvalue weighted by Gasteiger charge is 2.19. The number of carbonyl (C=O) groups excluding carboxylic acids is 3. The zero-order valence-electron chi connectivity index (χ0n) is 52.2. The van der Waals surface area contributed by atoms with E-state index in [0.29, 0.717) is 19.3 Å². The van der Waals surface area contributed by atoms with E-state index in [4.69, 9.17) is 14.2 Å². The number of unbranched alkanes of at least 4 members (excludes halogenated alkanes) is 42. The number of esters is 3. The Balaban J connectivity index is 4.18. The van der Waals surface area contributed by atoms with Crippen LogP contribution < -0.4 is 0 Å². The molecule has 0 aliphatic carbocycles. The molecule has 0 fully saturated rings. The van der Waals surface area contributed by atoms with Crippen molar-refractivity contribution >= 4 is 17.9 Å². The van der Waals surface area contributed by atoms with Gasteiger partial charge in [-0.3, -0.25) is 14.4 Å². The van der Waals surface area contributed by atoms with Crippen LogP contribution >= 0.6 is 0 Å². The van der Waals surface area contributed by atoms with Crippen molar-refractivity contribution in [2.24, 2.45) is 0 Å². The lowest BCUT2D eigenvalue weighted by molar-refractivity contribution is -0.167. The molecule has 0 aromatic heterocycles. The fourth-order valence-corrected chi connectivity index (χ4v) is 10.1. The molecule has 0 radical (unpaired) electrons. The largest absolute Gasteiger partial charge is 0.462 e. The number of ether oxygens (including phenoxy) is 3. The molecular weight excluding hydrogens is 961 g/mol. The van der Waals surface area contributed by atoms with Gasteiger partial charge < -0.3 is 14.2 Å². The summed E-state index contributed by atoms with van der Waals surface area (Å²) in [7, 11) is 0. The van der Waals surface area contributed by atoms with Crippen molar-refractivity contribution in [3.63, 3.8) is 0 Å². The molecule has 0 spiro atoms. The van der Waals surface area contributed by atoms with Gasteiger partial charge in [0.15, 0.2) is 6.10 Å². The van der Waals surface area contributed by atoms with E-state index in [1.807, 2.05) is 0 Å². The normalized spacial score (nSPS) is 12.4. The van der Waals surface area contributed by atoms with E-state index in [2.05, 4.69) is 81.5 Å². The Morgan fingerprint density at radius 3 is 0.821 bits per heavy atom. The van der Waals surface area contributed by atoms with Crippen LogP contribution in [0, 0.1) is 0 Å². The Bertz CT molecular complexity index is 1390. The van der Waals surface area contributed by atoms with E-state index >= 15 is 0 Å². The van der Waals surface area contributed by atoms with E-state index in [-0.39, 0.29) is 31.1 Å². The Morgan fingerprint density at radius 2 is 0.500 bits per heavy atom. The van der Waals surface area contributed by atoms with Gasteiger partial charge in [0.2, 0.25) is 0 Å². The molecule has 1 atom stereocenters. The summed E-state index contributed by atoms with van der Waals surface area (Å²) >= 11 is 0. The second kappa shape index (κ2) is 66.6. The van der Waals surface area contributed by atoms with Crippen LogP contribution in [0.5, 0.6) is 0 Å². The van der Waals surface area contributed by atoms with E-state index in [9.17, 15) is 14.4 Å².